The molecular weight excluding hydrogens is 558 g/mol. The molecule has 206 valence electrons. The summed E-state index contributed by atoms with van der Waals surface area (Å²) < 4.78 is 35.0. The number of nitrogens with one attached hydrogen (secondary N) is 2. The Hall–Kier alpha value is -4.75. The van der Waals surface area contributed by atoms with Gasteiger partial charge in [0.2, 0.25) is 0 Å². The Morgan fingerprint density at radius 1 is 1.12 bits per heavy atom. The summed E-state index contributed by atoms with van der Waals surface area (Å²) in [7, 11) is -4.10. The van der Waals surface area contributed by atoms with E-state index in [1.165, 1.54) is 0 Å². The van der Waals surface area contributed by atoms with Gasteiger partial charge in [-0.05, 0) is 54.8 Å². The van der Waals surface area contributed by atoms with Crippen LogP contribution in [0.1, 0.15) is 22.3 Å². The molecule has 0 aliphatic rings. The molecule has 0 aliphatic carbocycles. The molecule has 5 rings (SSSR count). The first-order valence-corrected chi connectivity index (χ1v) is 13.8. The topological polar surface area (TPSA) is 191 Å². The van der Waals surface area contributed by atoms with Gasteiger partial charge in [0.15, 0.2) is 11.4 Å². The Morgan fingerprint density at radius 2 is 1.90 bits per heavy atom. The van der Waals surface area contributed by atoms with Gasteiger partial charge in [-0.3, -0.25) is 9.52 Å². The number of sulfonamides is 1. The van der Waals surface area contributed by atoms with E-state index in [4.69, 9.17) is 27.5 Å². The lowest BCUT2D eigenvalue weighted by atomic mass is 10.1. The molecule has 0 bridgehead atoms. The third kappa shape index (κ3) is 5.65. The van der Waals surface area contributed by atoms with Crippen molar-refractivity contribution in [3.05, 3.63) is 83.1 Å². The van der Waals surface area contributed by atoms with Gasteiger partial charge in [0.25, 0.3) is 15.9 Å². The van der Waals surface area contributed by atoms with Crippen LogP contribution in [-0.2, 0) is 16.4 Å². The zero-order valence-electron chi connectivity index (χ0n) is 20.8. The first-order chi connectivity index (χ1) is 19.1. The van der Waals surface area contributed by atoms with Crippen molar-refractivity contribution in [2.45, 2.75) is 17.7 Å². The maximum Gasteiger partial charge on any atom is 0.261 e. The van der Waals surface area contributed by atoms with E-state index >= 15 is 0 Å². The first-order valence-electron chi connectivity index (χ1n) is 12.0. The van der Waals surface area contributed by atoms with Gasteiger partial charge in [0.05, 0.1) is 21.7 Å². The molecule has 7 N–H and O–H groups in total. The molecule has 0 spiro atoms. The highest BCUT2D eigenvalue weighted by Gasteiger charge is 2.21. The Bertz CT molecular complexity index is 1800. The van der Waals surface area contributed by atoms with Crippen molar-refractivity contribution < 1.29 is 22.7 Å². The molecule has 12 nitrogen and oxygen atoms in total. The molecule has 0 unspecified atom stereocenters. The molecule has 3 heterocycles. The van der Waals surface area contributed by atoms with Gasteiger partial charge in [0, 0.05) is 24.4 Å². The molecule has 0 atom stereocenters. The maximum atomic E-state index is 12.8. The monoisotopic (exact) mass is 581 g/mol. The number of hydrogen-bond donors (Lipinski definition) is 5. The molecule has 0 saturated carbocycles. The van der Waals surface area contributed by atoms with Crippen LogP contribution in [0.5, 0.6) is 5.75 Å². The largest absolute Gasteiger partial charge is 0.506 e. The molecule has 0 fully saturated rings. The van der Waals surface area contributed by atoms with Gasteiger partial charge >= 0.3 is 0 Å². The molecule has 40 heavy (non-hydrogen) atoms. The van der Waals surface area contributed by atoms with E-state index in [0.29, 0.717) is 41.0 Å². The highest BCUT2D eigenvalue weighted by molar-refractivity contribution is 7.92. The molecule has 0 saturated heterocycles. The predicted molar refractivity (Wildman–Crippen MR) is 151 cm³/mol. The highest BCUT2D eigenvalue weighted by atomic mass is 35.5. The number of aryl methyl sites for hydroxylation is 1. The van der Waals surface area contributed by atoms with Crippen molar-refractivity contribution in [1.82, 2.24) is 14.6 Å². The lowest BCUT2D eigenvalue weighted by Crippen LogP contribution is -2.16. The maximum absolute atomic E-state index is 12.8. The number of hydrogen-bond acceptors (Lipinski definition) is 9. The summed E-state index contributed by atoms with van der Waals surface area (Å²) in [5.74, 6) is 0.0995. The summed E-state index contributed by atoms with van der Waals surface area (Å²) in [5.41, 5.74) is 13.5. The number of amides is 1. The number of aromatic hydroxyl groups is 1. The van der Waals surface area contributed by atoms with Crippen LogP contribution >= 0.6 is 11.6 Å². The van der Waals surface area contributed by atoms with Crippen molar-refractivity contribution in [1.29, 1.82) is 0 Å². The summed E-state index contributed by atoms with van der Waals surface area (Å²) in [5, 5.41) is 17.2. The smallest absolute Gasteiger partial charge is 0.261 e. The number of fused-ring (bicyclic) bond motifs is 1. The van der Waals surface area contributed by atoms with Crippen molar-refractivity contribution in [2.24, 2.45) is 5.73 Å². The van der Waals surface area contributed by atoms with Gasteiger partial charge < -0.3 is 26.3 Å². The molecule has 0 aliphatic heterocycles. The number of phenols is 1. The average molecular weight is 582 g/mol. The van der Waals surface area contributed by atoms with Gasteiger partial charge in [-0.1, -0.05) is 23.7 Å². The Labute approximate surface area is 233 Å². The van der Waals surface area contributed by atoms with Crippen LogP contribution in [0.15, 0.2) is 76.2 Å². The Kier molecular flexibility index (Phi) is 7.24. The van der Waals surface area contributed by atoms with Crippen LogP contribution in [-0.4, -0.2) is 40.6 Å². The van der Waals surface area contributed by atoms with Gasteiger partial charge in [-0.15, -0.1) is 0 Å². The number of carbonyl (C=O) groups excluding carboxylic acids is 1. The lowest BCUT2D eigenvalue weighted by Gasteiger charge is -2.11. The molecule has 5 aromatic rings. The predicted octanol–water partition coefficient (Wildman–Crippen LogP) is 3.87. The number of nitrogens with zero attached hydrogens (tertiary/aromatic N) is 3. The lowest BCUT2D eigenvalue weighted by molar-refractivity contribution is 0.0997. The number of halogens is 1. The standard InChI is InChI=1S/C26H24ClN7O5S/c27-19-12-17(11-18(25(19)35)26(29)36)40(37,38)33-16-7-5-15(6-8-16)3-1-9-30-23-14-22(28)34-24(31-23)13-20(32-34)21-4-2-10-39-21/h2,4-8,10-14,33,35H,1,3,9,28H2,(H2,29,36)(H,30,31). The minimum absolute atomic E-state index is 0.303. The summed E-state index contributed by atoms with van der Waals surface area (Å²) in [4.78, 5) is 15.8. The van der Waals surface area contributed by atoms with Crippen LogP contribution in [0.4, 0.5) is 17.3 Å². The van der Waals surface area contributed by atoms with Gasteiger partial charge in [0.1, 0.15) is 23.1 Å². The minimum atomic E-state index is -4.10. The summed E-state index contributed by atoms with van der Waals surface area (Å²) >= 11 is 5.87. The fourth-order valence-electron chi connectivity index (χ4n) is 4.01. The van der Waals surface area contributed by atoms with Crippen LogP contribution < -0.4 is 21.5 Å². The SMILES string of the molecule is NC(=O)c1cc(S(=O)(=O)Nc2ccc(CCCNc3cc(N)n4nc(-c5ccco5)cc4n3)cc2)cc(Cl)c1O. The number of nitrogens with two attached hydrogens (primary N) is 2. The molecular formula is C26H24ClN7O5S. The van der Waals surface area contributed by atoms with E-state index in [0.717, 1.165) is 30.5 Å². The second kappa shape index (κ2) is 10.8. The third-order valence-electron chi connectivity index (χ3n) is 6.00. The molecule has 14 heteroatoms. The second-order valence-electron chi connectivity index (χ2n) is 8.84. The van der Waals surface area contributed by atoms with E-state index in [2.05, 4.69) is 20.1 Å². The number of nitrogen functional groups attached to an aromatic ring is 1. The normalized spacial score (nSPS) is 11.5. The summed E-state index contributed by atoms with van der Waals surface area (Å²) in [6.45, 7) is 0.625. The molecule has 1 amide bonds. The van der Waals surface area contributed by atoms with Crippen LogP contribution in [0.2, 0.25) is 5.02 Å². The third-order valence-corrected chi connectivity index (χ3v) is 7.64. The number of anilines is 3. The Morgan fingerprint density at radius 3 is 2.60 bits per heavy atom. The zero-order chi connectivity index (χ0) is 28.4. The number of benzene rings is 2. The second-order valence-corrected chi connectivity index (χ2v) is 10.9. The minimum Gasteiger partial charge on any atom is -0.506 e. The van der Waals surface area contributed by atoms with E-state index in [1.807, 2.05) is 6.07 Å². The quantitative estimate of drug-likeness (QED) is 0.152. The number of carbonyl (C=O) groups is 1. The number of rotatable bonds is 10. The van der Waals surface area contributed by atoms with Crippen LogP contribution in [0.3, 0.4) is 0 Å². The number of primary amides is 1. The summed E-state index contributed by atoms with van der Waals surface area (Å²) in [6.07, 6.45) is 3.07. The van der Waals surface area contributed by atoms with Crippen molar-refractivity contribution in [2.75, 3.05) is 22.3 Å². The summed E-state index contributed by atoms with van der Waals surface area (Å²) in [6, 6.07) is 16.0. The van der Waals surface area contributed by atoms with Crippen LogP contribution in [0, 0.1) is 0 Å². The van der Waals surface area contributed by atoms with E-state index in [1.54, 1.807) is 53.2 Å². The fraction of sp³-hybridized carbons (Fsp3) is 0.115. The number of aromatic nitrogens is 3. The molecule has 3 aromatic heterocycles. The molecule has 2 aromatic carbocycles. The van der Waals surface area contributed by atoms with Gasteiger partial charge in [-0.25, -0.2) is 13.4 Å². The highest BCUT2D eigenvalue weighted by Crippen LogP contribution is 2.31. The molecule has 0 radical (unpaired) electrons. The Balaban J connectivity index is 1.17. The average Bonchev–Trinajstić information content (AvgIpc) is 3.59. The first kappa shape index (κ1) is 26.8. The van der Waals surface area contributed by atoms with Crippen LogP contribution in [0.25, 0.3) is 17.1 Å². The zero-order valence-corrected chi connectivity index (χ0v) is 22.4. The van der Waals surface area contributed by atoms with Gasteiger partial charge in [-0.2, -0.15) is 9.61 Å². The van der Waals surface area contributed by atoms with E-state index in [9.17, 15) is 18.3 Å². The van der Waals surface area contributed by atoms with Crippen molar-refractivity contribution in [3.8, 4) is 17.2 Å². The van der Waals surface area contributed by atoms with E-state index in [-0.39, 0.29) is 9.92 Å². The number of furan rings is 1. The van der Waals surface area contributed by atoms with Crippen molar-refractivity contribution in [3.63, 3.8) is 0 Å². The fourth-order valence-corrected chi connectivity index (χ4v) is 5.41. The van der Waals surface area contributed by atoms with E-state index < -0.39 is 27.2 Å². The van der Waals surface area contributed by atoms with Crippen molar-refractivity contribution >= 4 is 50.5 Å².